The monoisotopic (exact) mass is 262 g/mol. The Bertz CT molecular complexity index is 419. The number of rotatable bonds is 2. The number of likely N-dealkylation sites (tertiary alicyclic amines) is 1. The standard InChI is InChI=1S/C14H18N2OS/c17-15-14-12-7-16(8-13(14)10-18-9-12)6-11-4-2-1-3-5-11/h1-5,12-13,17H,6-10H2. The van der Waals surface area contributed by atoms with Gasteiger partial charge in [-0.25, -0.2) is 0 Å². The van der Waals surface area contributed by atoms with E-state index in [-0.39, 0.29) is 0 Å². The van der Waals surface area contributed by atoms with Crippen molar-refractivity contribution in [1.82, 2.24) is 4.90 Å². The van der Waals surface area contributed by atoms with Crippen LogP contribution in [0.25, 0.3) is 0 Å². The van der Waals surface area contributed by atoms with Gasteiger partial charge in [0.05, 0.1) is 5.71 Å². The number of nitrogens with zero attached hydrogens (tertiary/aromatic N) is 2. The Morgan fingerprint density at radius 2 is 1.83 bits per heavy atom. The van der Waals surface area contributed by atoms with Crippen molar-refractivity contribution in [2.24, 2.45) is 17.0 Å². The summed E-state index contributed by atoms with van der Waals surface area (Å²) in [7, 11) is 0. The van der Waals surface area contributed by atoms with Gasteiger partial charge in [0.25, 0.3) is 0 Å². The van der Waals surface area contributed by atoms with Crippen LogP contribution in [0.3, 0.4) is 0 Å². The lowest BCUT2D eigenvalue weighted by molar-refractivity contribution is 0.201. The van der Waals surface area contributed by atoms with Crippen molar-refractivity contribution in [3.05, 3.63) is 35.9 Å². The quantitative estimate of drug-likeness (QED) is 0.656. The van der Waals surface area contributed by atoms with Gasteiger partial charge in [-0.1, -0.05) is 35.5 Å². The van der Waals surface area contributed by atoms with Crippen molar-refractivity contribution in [3.63, 3.8) is 0 Å². The Morgan fingerprint density at radius 3 is 2.44 bits per heavy atom. The molecule has 2 aliphatic rings. The van der Waals surface area contributed by atoms with Crippen LogP contribution in [-0.4, -0.2) is 40.4 Å². The molecule has 2 fully saturated rings. The third kappa shape index (κ3) is 2.40. The minimum atomic E-state index is 0.441. The number of benzene rings is 1. The largest absolute Gasteiger partial charge is 0.411 e. The maximum atomic E-state index is 9.13. The molecule has 96 valence electrons. The van der Waals surface area contributed by atoms with Gasteiger partial charge in [-0.15, -0.1) is 0 Å². The Hall–Kier alpha value is -1.00. The van der Waals surface area contributed by atoms with Gasteiger partial charge < -0.3 is 5.21 Å². The minimum absolute atomic E-state index is 0.441. The van der Waals surface area contributed by atoms with Crippen LogP contribution in [0.4, 0.5) is 0 Å². The molecule has 0 saturated carbocycles. The van der Waals surface area contributed by atoms with E-state index < -0.39 is 0 Å². The smallest absolute Gasteiger partial charge is 0.0674 e. The van der Waals surface area contributed by atoms with E-state index in [4.69, 9.17) is 5.21 Å². The summed E-state index contributed by atoms with van der Waals surface area (Å²) in [6.07, 6.45) is 0. The zero-order valence-electron chi connectivity index (χ0n) is 10.3. The average Bonchev–Trinajstić information content (AvgIpc) is 2.39. The van der Waals surface area contributed by atoms with Crippen LogP contribution in [0, 0.1) is 11.8 Å². The number of hydrogen-bond donors (Lipinski definition) is 1. The Labute approximate surface area is 112 Å². The average molecular weight is 262 g/mol. The van der Waals surface area contributed by atoms with Crippen LogP contribution in [0.1, 0.15) is 5.56 Å². The van der Waals surface area contributed by atoms with Gasteiger partial charge in [-0.2, -0.15) is 11.8 Å². The van der Waals surface area contributed by atoms with Gasteiger partial charge in [-0.3, -0.25) is 4.90 Å². The molecule has 1 N–H and O–H groups in total. The molecule has 0 aromatic heterocycles. The summed E-state index contributed by atoms with van der Waals surface area (Å²) in [5.41, 5.74) is 2.41. The van der Waals surface area contributed by atoms with Gasteiger partial charge >= 0.3 is 0 Å². The van der Waals surface area contributed by atoms with Gasteiger partial charge in [0, 0.05) is 43.0 Å². The molecule has 1 aromatic carbocycles. The van der Waals surface area contributed by atoms with Gasteiger partial charge in [-0.05, 0) is 5.56 Å². The van der Waals surface area contributed by atoms with Crippen molar-refractivity contribution < 1.29 is 5.21 Å². The normalized spacial score (nSPS) is 28.1. The summed E-state index contributed by atoms with van der Waals surface area (Å²) >= 11 is 2.00. The highest BCUT2D eigenvalue weighted by Crippen LogP contribution is 2.31. The number of oxime groups is 1. The number of hydrogen-bond acceptors (Lipinski definition) is 4. The minimum Gasteiger partial charge on any atom is -0.411 e. The van der Waals surface area contributed by atoms with Crippen LogP contribution >= 0.6 is 11.8 Å². The molecule has 2 heterocycles. The third-order valence-electron chi connectivity index (χ3n) is 3.80. The molecular weight excluding hydrogens is 244 g/mol. The van der Waals surface area contributed by atoms with E-state index in [9.17, 15) is 0 Å². The molecule has 0 radical (unpaired) electrons. The fourth-order valence-corrected chi connectivity index (χ4v) is 4.24. The van der Waals surface area contributed by atoms with E-state index in [1.807, 2.05) is 11.8 Å². The molecular formula is C14H18N2OS. The first-order chi connectivity index (χ1) is 8.86. The fourth-order valence-electron chi connectivity index (χ4n) is 2.98. The summed E-state index contributed by atoms with van der Waals surface area (Å²) < 4.78 is 0. The molecule has 2 bridgehead atoms. The molecule has 3 rings (SSSR count). The zero-order chi connectivity index (χ0) is 12.4. The molecule has 2 atom stereocenters. The van der Waals surface area contributed by atoms with Gasteiger partial charge in [0.2, 0.25) is 0 Å². The summed E-state index contributed by atoms with van der Waals surface area (Å²) in [5, 5.41) is 12.7. The van der Waals surface area contributed by atoms with E-state index in [0.717, 1.165) is 36.9 Å². The lowest BCUT2D eigenvalue weighted by atomic mass is 9.88. The lowest BCUT2D eigenvalue weighted by Gasteiger charge is -2.41. The first kappa shape index (κ1) is 12.1. The molecule has 2 aliphatic heterocycles. The second kappa shape index (κ2) is 5.33. The van der Waals surface area contributed by atoms with Crippen LogP contribution in [0.15, 0.2) is 35.5 Å². The second-order valence-corrected chi connectivity index (χ2v) is 6.21. The summed E-state index contributed by atoms with van der Waals surface area (Å²) in [6.45, 7) is 3.06. The number of thioether (sulfide) groups is 1. The molecule has 0 aliphatic carbocycles. The van der Waals surface area contributed by atoms with Crippen LogP contribution < -0.4 is 0 Å². The Morgan fingerprint density at radius 1 is 1.17 bits per heavy atom. The van der Waals surface area contributed by atoms with Crippen molar-refractivity contribution in [2.75, 3.05) is 24.6 Å². The molecule has 2 saturated heterocycles. The Kier molecular flexibility index (Phi) is 3.57. The van der Waals surface area contributed by atoms with Crippen LogP contribution in [-0.2, 0) is 6.54 Å². The molecule has 3 nitrogen and oxygen atoms in total. The Balaban J connectivity index is 1.70. The summed E-state index contributed by atoms with van der Waals surface area (Å²) in [5.74, 6) is 3.08. The molecule has 18 heavy (non-hydrogen) atoms. The van der Waals surface area contributed by atoms with E-state index >= 15 is 0 Å². The zero-order valence-corrected chi connectivity index (χ0v) is 11.1. The molecule has 0 amide bonds. The predicted molar refractivity (Wildman–Crippen MR) is 75.2 cm³/mol. The first-order valence-electron chi connectivity index (χ1n) is 6.42. The number of piperidine rings is 1. The highest BCUT2D eigenvalue weighted by atomic mass is 32.2. The summed E-state index contributed by atoms with van der Waals surface area (Å²) in [6, 6.07) is 10.6. The van der Waals surface area contributed by atoms with E-state index in [0.29, 0.717) is 11.8 Å². The van der Waals surface area contributed by atoms with Crippen molar-refractivity contribution in [2.45, 2.75) is 6.54 Å². The van der Waals surface area contributed by atoms with Crippen LogP contribution in [0.2, 0.25) is 0 Å². The third-order valence-corrected chi connectivity index (χ3v) is 5.07. The summed E-state index contributed by atoms with van der Waals surface area (Å²) in [4.78, 5) is 2.50. The maximum absolute atomic E-state index is 9.13. The van der Waals surface area contributed by atoms with E-state index in [1.165, 1.54) is 5.56 Å². The predicted octanol–water partition coefficient (Wildman–Crippen LogP) is 2.31. The number of fused-ring (bicyclic) bond motifs is 2. The van der Waals surface area contributed by atoms with Gasteiger partial charge in [0.15, 0.2) is 0 Å². The lowest BCUT2D eigenvalue weighted by Crippen LogP contribution is -2.50. The van der Waals surface area contributed by atoms with Crippen molar-refractivity contribution >= 4 is 17.5 Å². The highest BCUT2D eigenvalue weighted by molar-refractivity contribution is 7.99. The van der Waals surface area contributed by atoms with Gasteiger partial charge in [0.1, 0.15) is 0 Å². The molecule has 1 aromatic rings. The van der Waals surface area contributed by atoms with E-state index in [2.05, 4.69) is 40.4 Å². The highest BCUT2D eigenvalue weighted by Gasteiger charge is 2.37. The van der Waals surface area contributed by atoms with Crippen molar-refractivity contribution in [1.29, 1.82) is 0 Å². The fraction of sp³-hybridized carbons (Fsp3) is 0.500. The van der Waals surface area contributed by atoms with Crippen molar-refractivity contribution in [3.8, 4) is 0 Å². The second-order valence-electron chi connectivity index (χ2n) is 5.14. The first-order valence-corrected chi connectivity index (χ1v) is 7.58. The molecule has 4 heteroatoms. The SMILES string of the molecule is ON=C1C2CSCC1CN(Cc1ccccc1)C2. The van der Waals surface area contributed by atoms with Crippen LogP contribution in [0.5, 0.6) is 0 Å². The maximum Gasteiger partial charge on any atom is 0.0674 e. The topological polar surface area (TPSA) is 35.8 Å². The molecule has 0 spiro atoms. The molecule has 2 unspecified atom stereocenters. The van der Waals surface area contributed by atoms with E-state index in [1.54, 1.807) is 0 Å².